The topological polar surface area (TPSA) is 89.0 Å². The van der Waals surface area contributed by atoms with Crippen molar-refractivity contribution in [2.45, 2.75) is 6.92 Å². The van der Waals surface area contributed by atoms with Gasteiger partial charge in [-0.05, 0) is 24.6 Å². The van der Waals surface area contributed by atoms with Crippen LogP contribution in [0.5, 0.6) is 0 Å². The molecule has 2 heterocycles. The molecule has 2 N–H and O–H groups in total. The second kappa shape index (κ2) is 6.20. The molecule has 2 aromatic rings. The third-order valence-corrected chi connectivity index (χ3v) is 4.28. The minimum absolute atomic E-state index is 0.139. The SMILES string of the molecule is C=CC(=O)NCC1CN(c2c(C#N)c(=O)[nH]c3cc(C)ccc23)C1. The summed E-state index contributed by atoms with van der Waals surface area (Å²) in [6.45, 7) is 7.32. The van der Waals surface area contributed by atoms with Crippen LogP contribution in [0.3, 0.4) is 0 Å². The number of anilines is 1. The smallest absolute Gasteiger partial charge is 0.268 e. The second-order valence-corrected chi connectivity index (χ2v) is 6.06. The molecule has 0 saturated carbocycles. The maximum Gasteiger partial charge on any atom is 0.268 e. The van der Waals surface area contributed by atoms with Gasteiger partial charge >= 0.3 is 0 Å². The number of aryl methyl sites for hydroxylation is 1. The lowest BCUT2D eigenvalue weighted by Gasteiger charge is -2.41. The number of hydrogen-bond donors (Lipinski definition) is 2. The molecule has 0 aliphatic carbocycles. The molecule has 1 aliphatic rings. The van der Waals surface area contributed by atoms with Gasteiger partial charge in [-0.3, -0.25) is 9.59 Å². The largest absolute Gasteiger partial charge is 0.369 e. The zero-order valence-electron chi connectivity index (χ0n) is 13.4. The number of nitriles is 1. The molecule has 1 fully saturated rings. The Morgan fingerprint density at radius 2 is 2.29 bits per heavy atom. The van der Waals surface area contributed by atoms with Crippen molar-refractivity contribution in [2.24, 2.45) is 5.92 Å². The zero-order chi connectivity index (χ0) is 17.3. The number of nitrogens with zero attached hydrogens (tertiary/aromatic N) is 2. The number of fused-ring (bicyclic) bond motifs is 1. The van der Waals surface area contributed by atoms with E-state index in [1.54, 1.807) is 0 Å². The van der Waals surface area contributed by atoms with E-state index in [0.29, 0.717) is 31.2 Å². The number of benzene rings is 1. The van der Waals surface area contributed by atoms with Crippen LogP contribution in [0.1, 0.15) is 11.1 Å². The highest BCUT2D eigenvalue weighted by Crippen LogP contribution is 2.32. The van der Waals surface area contributed by atoms with Crippen LogP contribution < -0.4 is 15.8 Å². The number of carbonyl (C=O) groups is 1. The molecule has 6 nitrogen and oxygen atoms in total. The highest BCUT2D eigenvalue weighted by molar-refractivity contribution is 5.95. The number of aromatic amines is 1. The molecule has 24 heavy (non-hydrogen) atoms. The predicted octanol–water partition coefficient (Wildman–Crippen LogP) is 1.45. The number of H-pyrrole nitrogens is 1. The van der Waals surface area contributed by atoms with E-state index in [9.17, 15) is 14.9 Å². The Labute approximate surface area is 139 Å². The van der Waals surface area contributed by atoms with Gasteiger partial charge in [-0.25, -0.2) is 0 Å². The van der Waals surface area contributed by atoms with Gasteiger partial charge in [0.15, 0.2) is 0 Å². The van der Waals surface area contributed by atoms with Crippen molar-refractivity contribution in [3.63, 3.8) is 0 Å². The van der Waals surface area contributed by atoms with E-state index in [2.05, 4.69) is 16.9 Å². The van der Waals surface area contributed by atoms with Crippen molar-refractivity contribution in [1.29, 1.82) is 5.26 Å². The number of hydrogen-bond acceptors (Lipinski definition) is 4. The Morgan fingerprint density at radius 3 is 2.96 bits per heavy atom. The van der Waals surface area contributed by atoms with Crippen LogP contribution in [0, 0.1) is 24.2 Å². The second-order valence-electron chi connectivity index (χ2n) is 6.06. The molecule has 0 atom stereocenters. The van der Waals surface area contributed by atoms with E-state index in [1.807, 2.05) is 36.1 Å². The van der Waals surface area contributed by atoms with Gasteiger partial charge in [-0.1, -0.05) is 18.7 Å². The van der Waals surface area contributed by atoms with Crippen LogP contribution >= 0.6 is 0 Å². The van der Waals surface area contributed by atoms with Crippen molar-refractivity contribution < 1.29 is 4.79 Å². The summed E-state index contributed by atoms with van der Waals surface area (Å²) in [5, 5.41) is 13.0. The third-order valence-electron chi connectivity index (χ3n) is 4.28. The van der Waals surface area contributed by atoms with Crippen molar-refractivity contribution in [3.8, 4) is 6.07 Å². The maximum absolute atomic E-state index is 12.2. The van der Waals surface area contributed by atoms with E-state index in [1.165, 1.54) is 6.08 Å². The van der Waals surface area contributed by atoms with Crippen molar-refractivity contribution in [3.05, 3.63) is 52.3 Å². The quantitative estimate of drug-likeness (QED) is 0.834. The fraction of sp³-hybridized carbons (Fsp3) is 0.278. The first-order chi connectivity index (χ1) is 11.5. The molecule has 0 bridgehead atoms. The van der Waals surface area contributed by atoms with Gasteiger partial charge in [0.05, 0.1) is 11.2 Å². The van der Waals surface area contributed by atoms with Crippen molar-refractivity contribution in [1.82, 2.24) is 10.3 Å². The monoisotopic (exact) mass is 322 g/mol. The van der Waals surface area contributed by atoms with E-state index >= 15 is 0 Å². The lowest BCUT2D eigenvalue weighted by molar-refractivity contribution is -0.116. The molecular formula is C18H18N4O2. The van der Waals surface area contributed by atoms with E-state index in [4.69, 9.17) is 0 Å². The number of amides is 1. The first-order valence-electron chi connectivity index (χ1n) is 7.75. The molecule has 0 spiro atoms. The highest BCUT2D eigenvalue weighted by atomic mass is 16.1. The van der Waals surface area contributed by atoms with Gasteiger partial charge in [-0.2, -0.15) is 5.26 Å². The van der Waals surface area contributed by atoms with Gasteiger partial charge in [0.1, 0.15) is 11.6 Å². The maximum atomic E-state index is 12.2. The Bertz CT molecular complexity index is 917. The van der Waals surface area contributed by atoms with Crippen LogP contribution in [0.25, 0.3) is 10.9 Å². The minimum atomic E-state index is -0.367. The molecule has 0 radical (unpaired) electrons. The molecule has 0 unspecified atom stereocenters. The Kier molecular flexibility index (Phi) is 4.09. The average Bonchev–Trinajstić information content (AvgIpc) is 2.52. The van der Waals surface area contributed by atoms with E-state index in [0.717, 1.165) is 16.5 Å². The summed E-state index contributed by atoms with van der Waals surface area (Å²) in [4.78, 5) is 28.2. The third kappa shape index (κ3) is 2.76. The summed E-state index contributed by atoms with van der Waals surface area (Å²) in [5.41, 5.74) is 2.23. The fourth-order valence-electron chi connectivity index (χ4n) is 3.03. The first kappa shape index (κ1) is 15.8. The zero-order valence-corrected chi connectivity index (χ0v) is 13.4. The molecule has 1 aliphatic heterocycles. The lowest BCUT2D eigenvalue weighted by Crippen LogP contribution is -2.52. The molecule has 122 valence electrons. The number of carbonyl (C=O) groups excluding carboxylic acids is 1. The summed E-state index contributed by atoms with van der Waals surface area (Å²) in [6.07, 6.45) is 1.25. The molecule has 1 amide bonds. The Balaban J connectivity index is 1.90. The van der Waals surface area contributed by atoms with Gasteiger partial charge in [0.2, 0.25) is 5.91 Å². The molecule has 1 aromatic carbocycles. The van der Waals surface area contributed by atoms with Gasteiger partial charge < -0.3 is 15.2 Å². The summed E-state index contributed by atoms with van der Waals surface area (Å²) in [6, 6.07) is 7.83. The Morgan fingerprint density at radius 1 is 1.54 bits per heavy atom. The summed E-state index contributed by atoms with van der Waals surface area (Å²) in [5.74, 6) is 0.100. The number of rotatable bonds is 4. The summed E-state index contributed by atoms with van der Waals surface area (Å²) < 4.78 is 0. The highest BCUT2D eigenvalue weighted by Gasteiger charge is 2.30. The molecule has 3 rings (SSSR count). The number of nitrogens with one attached hydrogen (secondary N) is 2. The summed E-state index contributed by atoms with van der Waals surface area (Å²) in [7, 11) is 0. The predicted molar refractivity (Wildman–Crippen MR) is 92.9 cm³/mol. The standard InChI is InChI=1S/C18H18N4O2/c1-3-16(23)20-8-12-9-22(10-12)17-13-5-4-11(2)6-15(13)21-18(24)14(17)7-19/h3-6,12H,1,8-10H2,2H3,(H,20,23)(H,21,24). The van der Waals surface area contributed by atoms with E-state index in [-0.39, 0.29) is 17.0 Å². The molecule has 1 aromatic heterocycles. The van der Waals surface area contributed by atoms with Crippen molar-refractivity contribution >= 4 is 22.5 Å². The molecular weight excluding hydrogens is 304 g/mol. The lowest BCUT2D eigenvalue weighted by atomic mass is 9.96. The Hall–Kier alpha value is -3.07. The van der Waals surface area contributed by atoms with E-state index < -0.39 is 0 Å². The average molecular weight is 322 g/mol. The minimum Gasteiger partial charge on any atom is -0.369 e. The van der Waals surface area contributed by atoms with Crippen LogP contribution in [0.15, 0.2) is 35.6 Å². The van der Waals surface area contributed by atoms with Crippen LogP contribution in [0.4, 0.5) is 5.69 Å². The van der Waals surface area contributed by atoms with Gasteiger partial charge in [-0.15, -0.1) is 0 Å². The summed E-state index contributed by atoms with van der Waals surface area (Å²) >= 11 is 0. The van der Waals surface area contributed by atoms with Crippen LogP contribution in [-0.4, -0.2) is 30.5 Å². The number of aromatic nitrogens is 1. The van der Waals surface area contributed by atoms with Gasteiger partial charge in [0.25, 0.3) is 5.56 Å². The van der Waals surface area contributed by atoms with Crippen LogP contribution in [0.2, 0.25) is 0 Å². The molecule has 6 heteroatoms. The first-order valence-corrected chi connectivity index (χ1v) is 7.75. The van der Waals surface area contributed by atoms with Crippen molar-refractivity contribution in [2.75, 3.05) is 24.5 Å². The molecule has 1 saturated heterocycles. The van der Waals surface area contributed by atoms with Gasteiger partial charge in [0, 0.05) is 30.9 Å². The number of pyridine rings is 1. The van der Waals surface area contributed by atoms with Crippen LogP contribution in [-0.2, 0) is 4.79 Å². The normalized spacial score (nSPS) is 14.1. The fourth-order valence-corrected chi connectivity index (χ4v) is 3.03.